The molecule has 0 saturated carbocycles. The molecular weight excluding hydrogens is 361 g/mol. The van der Waals surface area contributed by atoms with Gasteiger partial charge in [-0.1, -0.05) is 0 Å². The second-order valence-corrected chi connectivity index (χ2v) is 5.65. The molecule has 0 aromatic heterocycles. The molecular formula is C20H19F3O4. The predicted octanol–water partition coefficient (Wildman–Crippen LogP) is 5.38. The average Bonchev–Trinajstić information content (AvgIpc) is 2.60. The van der Waals surface area contributed by atoms with Crippen molar-refractivity contribution in [3.8, 4) is 17.2 Å². The smallest absolute Gasteiger partial charge is 0.416 e. The van der Waals surface area contributed by atoms with E-state index in [1.165, 1.54) is 19.1 Å². The maximum Gasteiger partial charge on any atom is 0.416 e. The second kappa shape index (κ2) is 9.12. The Balaban J connectivity index is 1.88. The van der Waals surface area contributed by atoms with Gasteiger partial charge in [0.05, 0.1) is 5.56 Å². The summed E-state index contributed by atoms with van der Waals surface area (Å²) in [5, 5.41) is 0. The Morgan fingerprint density at radius 1 is 1.00 bits per heavy atom. The number of esters is 1. The fraction of sp³-hybridized carbons (Fsp3) is 0.250. The van der Waals surface area contributed by atoms with Crippen LogP contribution in [0.15, 0.2) is 60.7 Å². The Morgan fingerprint density at radius 3 is 2.04 bits per heavy atom. The number of carbonyl (C=O) groups excluding carboxylic acids is 1. The van der Waals surface area contributed by atoms with Crippen molar-refractivity contribution in [3.05, 3.63) is 66.2 Å². The molecule has 0 aliphatic carbocycles. The molecule has 1 atom stereocenters. The van der Waals surface area contributed by atoms with Gasteiger partial charge >= 0.3 is 12.1 Å². The van der Waals surface area contributed by atoms with Gasteiger partial charge in [-0.05, 0) is 67.6 Å². The van der Waals surface area contributed by atoms with Crippen molar-refractivity contribution in [1.29, 1.82) is 0 Å². The van der Waals surface area contributed by atoms with Gasteiger partial charge in [-0.2, -0.15) is 13.2 Å². The van der Waals surface area contributed by atoms with Crippen LogP contribution in [0.5, 0.6) is 17.2 Å². The minimum atomic E-state index is -4.37. The van der Waals surface area contributed by atoms with Crippen LogP contribution in [-0.2, 0) is 15.7 Å². The number of benzene rings is 2. The summed E-state index contributed by atoms with van der Waals surface area (Å²) in [7, 11) is 0. The quantitative estimate of drug-likeness (QED) is 0.478. The van der Waals surface area contributed by atoms with Crippen molar-refractivity contribution < 1.29 is 32.2 Å². The number of alkyl halides is 3. The first kappa shape index (κ1) is 20.4. The molecule has 0 amide bonds. The van der Waals surface area contributed by atoms with Crippen molar-refractivity contribution in [2.45, 2.75) is 26.1 Å². The molecule has 0 spiro atoms. The van der Waals surface area contributed by atoms with E-state index in [1.54, 1.807) is 36.4 Å². The summed E-state index contributed by atoms with van der Waals surface area (Å²) in [5.74, 6) is 1.02. The summed E-state index contributed by atoms with van der Waals surface area (Å²) in [6.45, 7) is 3.35. The van der Waals surface area contributed by atoms with Crippen molar-refractivity contribution in [2.24, 2.45) is 0 Å². The second-order valence-electron chi connectivity index (χ2n) is 5.65. The first-order valence-electron chi connectivity index (χ1n) is 8.16. The highest BCUT2D eigenvalue weighted by Crippen LogP contribution is 2.31. The largest absolute Gasteiger partial charge is 0.487 e. The van der Waals surface area contributed by atoms with E-state index >= 15 is 0 Å². The molecule has 0 fully saturated rings. The molecule has 2 aromatic rings. The van der Waals surface area contributed by atoms with Gasteiger partial charge in [0, 0.05) is 6.92 Å². The SMILES string of the molecule is CC(=O)OC/C=C/C(C)Oc1ccc(Oc2ccc(C(F)(F)F)cc2)cc1. The molecule has 2 rings (SSSR count). The number of rotatable bonds is 7. The number of halogens is 3. The molecule has 27 heavy (non-hydrogen) atoms. The fourth-order valence-electron chi connectivity index (χ4n) is 2.10. The van der Waals surface area contributed by atoms with Gasteiger partial charge in [-0.3, -0.25) is 4.79 Å². The summed E-state index contributed by atoms with van der Waals surface area (Å²) in [4.78, 5) is 10.7. The Labute approximate surface area is 155 Å². The Hall–Kier alpha value is -2.96. The number of hydrogen-bond acceptors (Lipinski definition) is 4. The third-order valence-electron chi connectivity index (χ3n) is 3.35. The molecule has 0 aliphatic rings. The van der Waals surface area contributed by atoms with E-state index in [0.717, 1.165) is 12.1 Å². The van der Waals surface area contributed by atoms with E-state index in [4.69, 9.17) is 14.2 Å². The van der Waals surface area contributed by atoms with Crippen LogP contribution < -0.4 is 9.47 Å². The summed E-state index contributed by atoms with van der Waals surface area (Å²) in [6.07, 6.45) is -1.16. The molecule has 0 bridgehead atoms. The zero-order chi connectivity index (χ0) is 19.9. The fourth-order valence-corrected chi connectivity index (χ4v) is 2.10. The zero-order valence-electron chi connectivity index (χ0n) is 14.8. The Kier molecular flexibility index (Phi) is 6.87. The number of ether oxygens (including phenoxy) is 3. The highest BCUT2D eigenvalue weighted by Gasteiger charge is 2.30. The van der Waals surface area contributed by atoms with E-state index < -0.39 is 11.7 Å². The van der Waals surface area contributed by atoms with E-state index in [-0.39, 0.29) is 18.7 Å². The average molecular weight is 380 g/mol. The zero-order valence-corrected chi connectivity index (χ0v) is 14.8. The molecule has 4 nitrogen and oxygen atoms in total. The number of carbonyl (C=O) groups is 1. The lowest BCUT2D eigenvalue weighted by Gasteiger charge is -2.12. The summed E-state index contributed by atoms with van der Waals surface area (Å²) in [5.41, 5.74) is -0.727. The van der Waals surface area contributed by atoms with Gasteiger partial charge < -0.3 is 14.2 Å². The molecule has 7 heteroatoms. The van der Waals surface area contributed by atoms with E-state index in [1.807, 2.05) is 6.92 Å². The van der Waals surface area contributed by atoms with Crippen molar-refractivity contribution in [3.63, 3.8) is 0 Å². The lowest BCUT2D eigenvalue weighted by molar-refractivity contribution is -0.140. The summed E-state index contributed by atoms with van der Waals surface area (Å²) in [6, 6.07) is 11.2. The first-order chi connectivity index (χ1) is 12.7. The van der Waals surface area contributed by atoms with Gasteiger partial charge in [0.2, 0.25) is 0 Å². The van der Waals surface area contributed by atoms with Crippen molar-refractivity contribution in [1.82, 2.24) is 0 Å². The first-order valence-corrected chi connectivity index (χ1v) is 8.16. The van der Waals surface area contributed by atoms with Crippen molar-refractivity contribution >= 4 is 5.97 Å². The monoisotopic (exact) mass is 380 g/mol. The van der Waals surface area contributed by atoms with Gasteiger partial charge in [0.1, 0.15) is 30.0 Å². The van der Waals surface area contributed by atoms with Gasteiger partial charge in [-0.15, -0.1) is 0 Å². The van der Waals surface area contributed by atoms with E-state index in [9.17, 15) is 18.0 Å². The van der Waals surface area contributed by atoms with E-state index in [2.05, 4.69) is 0 Å². The van der Waals surface area contributed by atoms with Crippen molar-refractivity contribution in [2.75, 3.05) is 6.61 Å². The molecule has 0 aliphatic heterocycles. The minimum Gasteiger partial charge on any atom is -0.487 e. The third-order valence-corrected chi connectivity index (χ3v) is 3.35. The maximum atomic E-state index is 12.5. The summed E-state index contributed by atoms with van der Waals surface area (Å²) >= 11 is 0. The highest BCUT2D eigenvalue weighted by atomic mass is 19.4. The Morgan fingerprint density at radius 2 is 1.52 bits per heavy atom. The third kappa shape index (κ3) is 7.05. The van der Waals surface area contributed by atoms with Crippen LogP contribution in [0.25, 0.3) is 0 Å². The van der Waals surface area contributed by atoms with Gasteiger partial charge in [0.15, 0.2) is 0 Å². The lowest BCUT2D eigenvalue weighted by atomic mass is 10.2. The highest BCUT2D eigenvalue weighted by molar-refractivity contribution is 5.65. The van der Waals surface area contributed by atoms with Crippen LogP contribution >= 0.6 is 0 Å². The predicted molar refractivity (Wildman–Crippen MR) is 93.8 cm³/mol. The molecule has 1 unspecified atom stereocenters. The molecule has 0 saturated heterocycles. The van der Waals surface area contributed by atoms with Gasteiger partial charge in [-0.25, -0.2) is 0 Å². The van der Waals surface area contributed by atoms with Crippen LogP contribution in [0, 0.1) is 0 Å². The van der Waals surface area contributed by atoms with Crippen LogP contribution in [-0.4, -0.2) is 18.7 Å². The lowest BCUT2D eigenvalue weighted by Crippen LogP contribution is -2.08. The molecule has 0 heterocycles. The molecule has 144 valence electrons. The summed E-state index contributed by atoms with van der Waals surface area (Å²) < 4.78 is 53.6. The Bertz CT molecular complexity index is 765. The standard InChI is InChI=1S/C20H19F3O4/c1-14(4-3-13-25-15(2)24)26-17-9-11-19(12-10-17)27-18-7-5-16(6-8-18)20(21,22)23/h3-12,14H,13H2,1-2H3/b4-3+. The minimum absolute atomic E-state index is 0.183. The van der Waals surface area contributed by atoms with Crippen LogP contribution in [0.1, 0.15) is 19.4 Å². The van der Waals surface area contributed by atoms with Crippen LogP contribution in [0.3, 0.4) is 0 Å². The molecule has 2 aromatic carbocycles. The normalized spacial score (nSPS) is 12.6. The molecule has 0 N–H and O–H groups in total. The van der Waals surface area contributed by atoms with Crippen LogP contribution in [0.2, 0.25) is 0 Å². The maximum absolute atomic E-state index is 12.5. The molecule has 0 radical (unpaired) electrons. The number of hydrogen-bond donors (Lipinski definition) is 0. The van der Waals surface area contributed by atoms with E-state index in [0.29, 0.717) is 17.2 Å². The van der Waals surface area contributed by atoms with Gasteiger partial charge in [0.25, 0.3) is 0 Å². The van der Waals surface area contributed by atoms with Crippen LogP contribution in [0.4, 0.5) is 13.2 Å². The topological polar surface area (TPSA) is 44.8 Å².